The number of nitrogens with one attached hydrogen (secondary N) is 1. The highest BCUT2D eigenvalue weighted by molar-refractivity contribution is 7.97. The summed E-state index contributed by atoms with van der Waals surface area (Å²) in [7, 11) is 0. The van der Waals surface area contributed by atoms with Crippen LogP contribution in [0.25, 0.3) is 0 Å². The van der Waals surface area contributed by atoms with Gasteiger partial charge in [-0.05, 0) is 25.7 Å². The molecular weight excluding hydrogens is 198 g/mol. The Kier molecular flexibility index (Phi) is 2.88. The minimum atomic E-state index is -0.276. The maximum absolute atomic E-state index is 11.1. The van der Waals surface area contributed by atoms with Gasteiger partial charge in [0.15, 0.2) is 0 Å². The molecule has 0 aromatic rings. The van der Waals surface area contributed by atoms with E-state index in [9.17, 15) is 4.79 Å². The zero-order valence-electron chi connectivity index (χ0n) is 8.29. The van der Waals surface area contributed by atoms with Gasteiger partial charge < -0.3 is 10.6 Å². The Morgan fingerprint density at radius 2 is 2.21 bits per heavy atom. The van der Waals surface area contributed by atoms with Crippen LogP contribution in [0.2, 0.25) is 0 Å². The second-order valence-electron chi connectivity index (χ2n) is 4.20. The van der Waals surface area contributed by atoms with Gasteiger partial charge in [-0.3, -0.25) is 4.72 Å². The van der Waals surface area contributed by atoms with E-state index in [1.165, 1.54) is 25.0 Å². The maximum atomic E-state index is 11.1. The lowest BCUT2D eigenvalue weighted by Gasteiger charge is -2.44. The molecule has 2 saturated heterocycles. The Labute approximate surface area is 88.7 Å². The van der Waals surface area contributed by atoms with E-state index in [1.54, 1.807) is 16.8 Å². The van der Waals surface area contributed by atoms with Crippen molar-refractivity contribution in [3.63, 3.8) is 0 Å². The lowest BCUT2D eigenvalue weighted by Crippen LogP contribution is -2.58. The molecule has 2 aliphatic heterocycles. The second-order valence-corrected chi connectivity index (χ2v) is 5.10. The highest BCUT2D eigenvalue weighted by atomic mass is 32.2. The third-order valence-corrected chi connectivity index (χ3v) is 4.15. The molecule has 80 valence electrons. The molecule has 4 nitrogen and oxygen atoms in total. The molecule has 1 unspecified atom stereocenters. The van der Waals surface area contributed by atoms with E-state index in [0.717, 1.165) is 19.5 Å². The molecule has 0 aromatic carbocycles. The number of amides is 2. The van der Waals surface area contributed by atoms with Crippen LogP contribution in [0, 0.1) is 0 Å². The van der Waals surface area contributed by atoms with Gasteiger partial charge in [0.2, 0.25) is 0 Å². The fraction of sp³-hybridized carbons (Fsp3) is 0.889. The summed E-state index contributed by atoms with van der Waals surface area (Å²) in [4.78, 5) is 12.9. The van der Waals surface area contributed by atoms with E-state index in [-0.39, 0.29) is 11.6 Å². The summed E-state index contributed by atoms with van der Waals surface area (Å²) in [5.41, 5.74) is 5.46. The van der Waals surface area contributed by atoms with Gasteiger partial charge in [0.25, 0.3) is 0 Å². The van der Waals surface area contributed by atoms with E-state index in [2.05, 4.69) is 4.72 Å². The van der Waals surface area contributed by atoms with Crippen LogP contribution in [-0.2, 0) is 0 Å². The monoisotopic (exact) mass is 215 g/mol. The Morgan fingerprint density at radius 3 is 2.86 bits per heavy atom. The molecule has 0 bridgehead atoms. The summed E-state index contributed by atoms with van der Waals surface area (Å²) in [5.74, 6) is 1.18. The van der Waals surface area contributed by atoms with Crippen LogP contribution in [0.15, 0.2) is 0 Å². The van der Waals surface area contributed by atoms with Crippen LogP contribution >= 0.6 is 11.9 Å². The van der Waals surface area contributed by atoms with Crippen LogP contribution in [0.3, 0.4) is 0 Å². The van der Waals surface area contributed by atoms with Gasteiger partial charge in [-0.15, -0.1) is 0 Å². The smallest absolute Gasteiger partial charge is 0.314 e. The van der Waals surface area contributed by atoms with Crippen LogP contribution < -0.4 is 10.5 Å². The second kappa shape index (κ2) is 3.98. The van der Waals surface area contributed by atoms with Gasteiger partial charge in [0.05, 0.1) is 0 Å². The van der Waals surface area contributed by atoms with Crippen molar-refractivity contribution < 1.29 is 4.79 Å². The van der Waals surface area contributed by atoms with E-state index in [0.29, 0.717) is 0 Å². The first-order valence-electron chi connectivity index (χ1n) is 5.15. The summed E-state index contributed by atoms with van der Waals surface area (Å²) < 4.78 is 3.49. The number of hydrogen-bond donors (Lipinski definition) is 2. The number of rotatable bonds is 0. The number of piperidine rings is 1. The van der Waals surface area contributed by atoms with Gasteiger partial charge >= 0.3 is 6.03 Å². The number of nitrogens with zero attached hydrogens (tertiary/aromatic N) is 1. The molecule has 1 spiro atoms. The normalized spacial score (nSPS) is 33.3. The average Bonchev–Trinajstić information content (AvgIpc) is 2.19. The predicted octanol–water partition coefficient (Wildman–Crippen LogP) is 0.931. The number of carbonyl (C=O) groups is 1. The quantitative estimate of drug-likeness (QED) is 0.591. The van der Waals surface area contributed by atoms with Gasteiger partial charge in [-0.1, -0.05) is 11.9 Å². The number of primary amides is 1. The number of carbonyl (C=O) groups excluding carboxylic acids is 1. The number of nitrogens with two attached hydrogens (primary N) is 1. The van der Waals surface area contributed by atoms with Crippen molar-refractivity contribution in [2.75, 3.05) is 18.8 Å². The number of likely N-dealkylation sites (tertiary alicyclic amines) is 1. The summed E-state index contributed by atoms with van der Waals surface area (Å²) in [6.07, 6.45) is 4.65. The third-order valence-electron chi connectivity index (χ3n) is 3.08. The van der Waals surface area contributed by atoms with Crippen molar-refractivity contribution in [2.45, 2.75) is 31.2 Å². The predicted molar refractivity (Wildman–Crippen MR) is 57.9 cm³/mol. The zero-order chi connectivity index (χ0) is 10.0. The maximum Gasteiger partial charge on any atom is 0.314 e. The first-order valence-corrected chi connectivity index (χ1v) is 6.14. The molecular formula is C9H17N3OS. The summed E-state index contributed by atoms with van der Waals surface area (Å²) in [6, 6.07) is -0.276. The fourth-order valence-corrected chi connectivity index (χ4v) is 3.31. The van der Waals surface area contributed by atoms with E-state index < -0.39 is 0 Å². The molecule has 0 aliphatic carbocycles. The molecule has 1 atom stereocenters. The minimum absolute atomic E-state index is 0.149. The molecule has 3 N–H and O–H groups in total. The van der Waals surface area contributed by atoms with Gasteiger partial charge in [0.1, 0.15) is 0 Å². The van der Waals surface area contributed by atoms with Crippen LogP contribution in [0.5, 0.6) is 0 Å². The van der Waals surface area contributed by atoms with E-state index in [4.69, 9.17) is 5.73 Å². The summed E-state index contributed by atoms with van der Waals surface area (Å²) >= 11 is 1.79. The number of hydrogen-bond acceptors (Lipinski definition) is 3. The zero-order valence-corrected chi connectivity index (χ0v) is 9.11. The SMILES string of the molecule is NC(=O)N1CCCC2(CCCSN2)C1. The van der Waals surface area contributed by atoms with Crippen molar-refractivity contribution in [3.05, 3.63) is 0 Å². The largest absolute Gasteiger partial charge is 0.351 e. The fourth-order valence-electron chi connectivity index (χ4n) is 2.35. The number of urea groups is 1. The molecule has 2 heterocycles. The molecule has 2 amide bonds. The Hall–Kier alpha value is -0.420. The topological polar surface area (TPSA) is 58.4 Å². The van der Waals surface area contributed by atoms with Crippen LogP contribution in [-0.4, -0.2) is 35.3 Å². The summed E-state index contributed by atoms with van der Waals surface area (Å²) in [5, 5.41) is 0. The molecule has 0 aromatic heterocycles. The van der Waals surface area contributed by atoms with Crippen LogP contribution in [0.4, 0.5) is 4.79 Å². The van der Waals surface area contributed by atoms with Gasteiger partial charge in [0, 0.05) is 24.4 Å². The Bertz CT molecular complexity index is 223. The van der Waals surface area contributed by atoms with Crippen molar-refractivity contribution >= 4 is 18.0 Å². The van der Waals surface area contributed by atoms with Crippen molar-refractivity contribution in [3.8, 4) is 0 Å². The first kappa shape index (κ1) is 10.1. The third kappa shape index (κ3) is 1.98. The first-order chi connectivity index (χ1) is 6.72. The van der Waals surface area contributed by atoms with E-state index in [1.807, 2.05) is 0 Å². The Balaban J connectivity index is 2.01. The van der Waals surface area contributed by atoms with Crippen molar-refractivity contribution in [1.82, 2.24) is 9.62 Å². The van der Waals surface area contributed by atoms with Gasteiger partial charge in [-0.2, -0.15) is 0 Å². The molecule has 2 rings (SSSR count). The molecule has 0 saturated carbocycles. The molecule has 0 radical (unpaired) electrons. The molecule has 2 aliphatic rings. The van der Waals surface area contributed by atoms with E-state index >= 15 is 0 Å². The van der Waals surface area contributed by atoms with Gasteiger partial charge in [-0.25, -0.2) is 4.79 Å². The highest BCUT2D eigenvalue weighted by Gasteiger charge is 2.37. The molecule has 14 heavy (non-hydrogen) atoms. The molecule has 2 fully saturated rings. The van der Waals surface area contributed by atoms with Crippen LogP contribution in [0.1, 0.15) is 25.7 Å². The lowest BCUT2D eigenvalue weighted by molar-refractivity contribution is 0.144. The highest BCUT2D eigenvalue weighted by Crippen LogP contribution is 2.31. The lowest BCUT2D eigenvalue weighted by atomic mass is 9.86. The standard InChI is InChI=1S/C9H17N3OS/c10-8(13)12-5-1-3-9(7-12)4-2-6-14-11-9/h11H,1-7H2,(H2,10,13). The molecule has 5 heteroatoms. The average molecular weight is 215 g/mol. The van der Waals surface area contributed by atoms with Crippen molar-refractivity contribution in [1.29, 1.82) is 0 Å². The Morgan fingerprint density at radius 1 is 1.43 bits per heavy atom. The minimum Gasteiger partial charge on any atom is -0.351 e. The van der Waals surface area contributed by atoms with Crippen molar-refractivity contribution in [2.24, 2.45) is 5.73 Å². The summed E-state index contributed by atoms with van der Waals surface area (Å²) in [6.45, 7) is 1.61.